The Hall–Kier alpha value is -3.51. The van der Waals surface area contributed by atoms with E-state index in [1.54, 1.807) is 38.5 Å². The van der Waals surface area contributed by atoms with E-state index >= 15 is 0 Å². The number of thioether (sulfide) groups is 1. The van der Waals surface area contributed by atoms with Crippen molar-refractivity contribution in [3.63, 3.8) is 0 Å². The Labute approximate surface area is 203 Å². The average Bonchev–Trinajstić information content (AvgIpc) is 3.32. The number of hydrogen-bond acceptors (Lipinski definition) is 7. The number of carbonyl (C=O) groups is 1. The van der Waals surface area contributed by atoms with Gasteiger partial charge in [0.2, 0.25) is 5.91 Å². The average molecular weight is 478 g/mol. The highest BCUT2D eigenvalue weighted by molar-refractivity contribution is 7.99. The summed E-state index contributed by atoms with van der Waals surface area (Å²) >= 11 is 1.35. The summed E-state index contributed by atoms with van der Waals surface area (Å²) < 4.78 is 13.0. The minimum Gasteiger partial charge on any atom is -0.493 e. The minimum absolute atomic E-state index is 0.163. The normalized spacial score (nSPS) is 13.8. The number of benzene rings is 2. The van der Waals surface area contributed by atoms with Crippen LogP contribution in [0.4, 0.5) is 5.69 Å². The molecule has 0 aliphatic heterocycles. The number of hydrogen-bond donors (Lipinski definition) is 1. The highest BCUT2D eigenvalue weighted by atomic mass is 32.2. The fraction of sp³-hybridized carbons (Fsp3) is 0.360. The Bertz CT molecular complexity index is 1200. The van der Waals surface area contributed by atoms with E-state index < -0.39 is 0 Å². The maximum absolute atomic E-state index is 12.6. The van der Waals surface area contributed by atoms with Crippen molar-refractivity contribution in [3.05, 3.63) is 48.0 Å². The number of aromatic nitrogens is 3. The SMILES string of the molecule is COc1ccc(-c2nnc(SCC(=O)Nc3ccccc3C#N)n2C2CCCCC2)cc1OC. The smallest absolute Gasteiger partial charge is 0.234 e. The number of para-hydroxylation sites is 1. The Balaban J connectivity index is 1.58. The number of methoxy groups -OCH3 is 2. The van der Waals surface area contributed by atoms with Crippen molar-refractivity contribution >= 4 is 23.4 Å². The lowest BCUT2D eigenvalue weighted by atomic mass is 9.95. The predicted octanol–water partition coefficient (Wildman–Crippen LogP) is 5.07. The minimum atomic E-state index is -0.196. The molecule has 1 aliphatic rings. The van der Waals surface area contributed by atoms with E-state index in [2.05, 4.69) is 26.2 Å². The van der Waals surface area contributed by atoms with Crippen LogP contribution in [-0.2, 0) is 4.79 Å². The quantitative estimate of drug-likeness (QED) is 0.452. The van der Waals surface area contributed by atoms with Gasteiger partial charge < -0.3 is 14.8 Å². The van der Waals surface area contributed by atoms with Gasteiger partial charge in [0.05, 0.1) is 31.2 Å². The van der Waals surface area contributed by atoms with Gasteiger partial charge in [-0.1, -0.05) is 43.2 Å². The lowest BCUT2D eigenvalue weighted by Crippen LogP contribution is -2.17. The third kappa shape index (κ3) is 5.18. The lowest BCUT2D eigenvalue weighted by Gasteiger charge is -2.25. The van der Waals surface area contributed by atoms with E-state index in [0.717, 1.165) is 37.1 Å². The van der Waals surface area contributed by atoms with E-state index in [1.807, 2.05) is 18.2 Å². The topological polar surface area (TPSA) is 102 Å². The van der Waals surface area contributed by atoms with Crippen molar-refractivity contribution in [2.75, 3.05) is 25.3 Å². The number of rotatable bonds is 8. The first-order chi connectivity index (χ1) is 16.6. The number of nitrogens with one attached hydrogen (secondary N) is 1. The van der Waals surface area contributed by atoms with Crippen LogP contribution < -0.4 is 14.8 Å². The molecule has 9 heteroatoms. The van der Waals surface area contributed by atoms with Crippen molar-refractivity contribution < 1.29 is 14.3 Å². The number of carbonyl (C=O) groups excluding carboxylic acids is 1. The third-order valence-corrected chi connectivity index (χ3v) is 6.84. The van der Waals surface area contributed by atoms with Gasteiger partial charge in [0.1, 0.15) is 6.07 Å². The zero-order chi connectivity index (χ0) is 23.9. The van der Waals surface area contributed by atoms with E-state index in [1.165, 1.54) is 18.2 Å². The molecule has 1 fully saturated rings. The second-order valence-corrected chi connectivity index (χ2v) is 8.97. The Morgan fingerprint density at radius 3 is 2.62 bits per heavy atom. The monoisotopic (exact) mass is 477 g/mol. The summed E-state index contributed by atoms with van der Waals surface area (Å²) in [6.45, 7) is 0. The van der Waals surface area contributed by atoms with Gasteiger partial charge in [0.25, 0.3) is 0 Å². The number of nitriles is 1. The summed E-state index contributed by atoms with van der Waals surface area (Å²) in [6.07, 6.45) is 5.64. The number of ether oxygens (including phenoxy) is 2. The third-order valence-electron chi connectivity index (χ3n) is 5.90. The molecule has 176 valence electrons. The first-order valence-corrected chi connectivity index (χ1v) is 12.2. The van der Waals surface area contributed by atoms with Gasteiger partial charge in [-0.15, -0.1) is 10.2 Å². The fourth-order valence-corrected chi connectivity index (χ4v) is 5.03. The van der Waals surface area contributed by atoms with Crippen molar-refractivity contribution in [1.82, 2.24) is 14.8 Å². The van der Waals surface area contributed by atoms with Crippen LogP contribution in [0.3, 0.4) is 0 Å². The molecule has 0 atom stereocenters. The lowest BCUT2D eigenvalue weighted by molar-refractivity contribution is -0.113. The van der Waals surface area contributed by atoms with E-state index in [0.29, 0.717) is 27.9 Å². The van der Waals surface area contributed by atoms with E-state index in [-0.39, 0.29) is 17.7 Å². The molecule has 3 aromatic rings. The van der Waals surface area contributed by atoms with Crippen LogP contribution >= 0.6 is 11.8 Å². The second kappa shape index (κ2) is 11.1. The molecule has 1 aliphatic carbocycles. The summed E-state index contributed by atoms with van der Waals surface area (Å²) in [5.41, 5.74) is 1.83. The summed E-state index contributed by atoms with van der Waals surface area (Å²) in [7, 11) is 3.22. The highest BCUT2D eigenvalue weighted by Crippen LogP contribution is 2.38. The van der Waals surface area contributed by atoms with Crippen LogP contribution in [0.2, 0.25) is 0 Å². The number of nitrogens with zero attached hydrogens (tertiary/aromatic N) is 4. The first kappa shape index (κ1) is 23.6. The van der Waals surface area contributed by atoms with Crippen molar-refractivity contribution in [3.8, 4) is 29.0 Å². The fourth-order valence-electron chi connectivity index (χ4n) is 4.22. The van der Waals surface area contributed by atoms with Gasteiger partial charge in [-0.05, 0) is 43.2 Å². The van der Waals surface area contributed by atoms with Gasteiger partial charge in [0.15, 0.2) is 22.5 Å². The molecule has 0 spiro atoms. The number of amides is 1. The maximum Gasteiger partial charge on any atom is 0.234 e. The Kier molecular flexibility index (Phi) is 7.70. The van der Waals surface area contributed by atoms with Crippen LogP contribution in [0.15, 0.2) is 47.6 Å². The molecule has 0 bridgehead atoms. The molecule has 1 heterocycles. The van der Waals surface area contributed by atoms with Gasteiger partial charge in [-0.25, -0.2) is 0 Å². The van der Waals surface area contributed by atoms with Crippen LogP contribution in [0.5, 0.6) is 11.5 Å². The van der Waals surface area contributed by atoms with Crippen molar-refractivity contribution in [2.24, 2.45) is 0 Å². The van der Waals surface area contributed by atoms with Gasteiger partial charge in [-0.3, -0.25) is 9.36 Å². The second-order valence-electron chi connectivity index (χ2n) is 8.03. The highest BCUT2D eigenvalue weighted by Gasteiger charge is 2.25. The molecule has 1 amide bonds. The van der Waals surface area contributed by atoms with Gasteiger partial charge in [0, 0.05) is 11.6 Å². The molecule has 1 saturated carbocycles. The molecule has 34 heavy (non-hydrogen) atoms. The van der Waals surface area contributed by atoms with Crippen LogP contribution in [0.25, 0.3) is 11.4 Å². The molecule has 0 radical (unpaired) electrons. The Morgan fingerprint density at radius 2 is 1.88 bits per heavy atom. The predicted molar refractivity (Wildman–Crippen MR) is 131 cm³/mol. The molecule has 4 rings (SSSR count). The van der Waals surface area contributed by atoms with Gasteiger partial charge >= 0.3 is 0 Å². The zero-order valence-electron chi connectivity index (χ0n) is 19.3. The maximum atomic E-state index is 12.6. The van der Waals surface area contributed by atoms with Crippen molar-refractivity contribution in [1.29, 1.82) is 5.26 Å². The largest absolute Gasteiger partial charge is 0.493 e. The molecule has 2 aromatic carbocycles. The zero-order valence-corrected chi connectivity index (χ0v) is 20.1. The van der Waals surface area contributed by atoms with Crippen LogP contribution in [0, 0.1) is 11.3 Å². The molecule has 0 saturated heterocycles. The van der Waals surface area contributed by atoms with Gasteiger partial charge in [-0.2, -0.15) is 5.26 Å². The molecule has 8 nitrogen and oxygen atoms in total. The van der Waals surface area contributed by atoms with E-state index in [4.69, 9.17) is 9.47 Å². The summed E-state index contributed by atoms with van der Waals surface area (Å²) in [4.78, 5) is 12.6. The first-order valence-electron chi connectivity index (χ1n) is 11.2. The van der Waals surface area contributed by atoms with Crippen molar-refractivity contribution in [2.45, 2.75) is 43.3 Å². The summed E-state index contributed by atoms with van der Waals surface area (Å²) in [5.74, 6) is 2.00. The molecule has 1 aromatic heterocycles. The van der Waals surface area contributed by atoms with Crippen LogP contribution in [0.1, 0.15) is 43.7 Å². The standard InChI is InChI=1S/C25H27N5O3S/c1-32-21-13-12-17(14-22(21)33-2)24-28-29-25(30(24)19-9-4-3-5-10-19)34-16-23(31)27-20-11-7-6-8-18(20)15-26/h6-8,11-14,19H,3-5,9-10,16H2,1-2H3,(H,27,31). The molecular formula is C25H27N5O3S. The Morgan fingerprint density at radius 1 is 1.12 bits per heavy atom. The summed E-state index contributed by atoms with van der Waals surface area (Å²) in [5, 5.41) is 21.7. The van der Waals surface area contributed by atoms with E-state index in [9.17, 15) is 10.1 Å². The number of anilines is 1. The molecule has 0 unspecified atom stereocenters. The van der Waals surface area contributed by atoms with Crippen LogP contribution in [-0.4, -0.2) is 40.6 Å². The molecular weight excluding hydrogens is 450 g/mol. The summed E-state index contributed by atoms with van der Waals surface area (Å²) in [6, 6.07) is 15.1. The molecule has 1 N–H and O–H groups in total.